The third-order valence-corrected chi connectivity index (χ3v) is 3.52. The number of piperidine rings is 1. The monoisotopic (exact) mass is 287 g/mol. The zero-order valence-electron chi connectivity index (χ0n) is 10.9. The Morgan fingerprint density at radius 3 is 2.40 bits per heavy atom. The van der Waals surface area contributed by atoms with Crippen LogP contribution in [0.3, 0.4) is 0 Å². The minimum absolute atomic E-state index is 0.189. The van der Waals surface area contributed by atoms with Crippen LogP contribution in [0.2, 0.25) is 0 Å². The molecule has 0 spiro atoms. The van der Waals surface area contributed by atoms with Crippen LogP contribution in [-0.2, 0) is 11.0 Å². The van der Waals surface area contributed by atoms with Gasteiger partial charge in [-0.15, -0.1) is 0 Å². The lowest BCUT2D eigenvalue weighted by molar-refractivity contribution is -0.144. The van der Waals surface area contributed by atoms with E-state index < -0.39 is 23.8 Å². The third kappa shape index (κ3) is 3.30. The van der Waals surface area contributed by atoms with Crippen molar-refractivity contribution in [1.82, 2.24) is 4.90 Å². The molecular formula is C14H16F3NO2. The highest BCUT2D eigenvalue weighted by Gasteiger charge is 2.33. The molecule has 1 heterocycles. The summed E-state index contributed by atoms with van der Waals surface area (Å²) in [6.07, 6.45) is -1.67. The SMILES string of the molecule is O=C(O)C(c1cccc(C(F)(F)F)c1)N1CCCCC1. The minimum Gasteiger partial charge on any atom is -0.480 e. The van der Waals surface area contributed by atoms with Crippen molar-refractivity contribution in [2.45, 2.75) is 31.5 Å². The maximum absolute atomic E-state index is 12.7. The Hall–Kier alpha value is -1.56. The second kappa shape index (κ2) is 5.83. The predicted molar refractivity (Wildman–Crippen MR) is 67.2 cm³/mol. The van der Waals surface area contributed by atoms with Crippen LogP contribution in [0.1, 0.15) is 36.4 Å². The van der Waals surface area contributed by atoms with E-state index in [1.165, 1.54) is 12.1 Å². The van der Waals surface area contributed by atoms with Crippen LogP contribution >= 0.6 is 0 Å². The molecule has 6 heteroatoms. The average molecular weight is 287 g/mol. The van der Waals surface area contributed by atoms with Crippen molar-refractivity contribution in [2.24, 2.45) is 0 Å². The molecule has 0 amide bonds. The quantitative estimate of drug-likeness (QED) is 0.927. The van der Waals surface area contributed by atoms with Gasteiger partial charge in [0.1, 0.15) is 6.04 Å². The van der Waals surface area contributed by atoms with Crippen molar-refractivity contribution in [3.63, 3.8) is 0 Å². The Kier molecular flexibility index (Phi) is 4.32. The van der Waals surface area contributed by atoms with Gasteiger partial charge in [-0.1, -0.05) is 18.6 Å². The van der Waals surface area contributed by atoms with E-state index in [0.29, 0.717) is 13.1 Å². The van der Waals surface area contributed by atoms with Crippen LogP contribution in [-0.4, -0.2) is 29.1 Å². The van der Waals surface area contributed by atoms with Crippen LogP contribution in [0.5, 0.6) is 0 Å². The molecule has 3 nitrogen and oxygen atoms in total. The van der Waals surface area contributed by atoms with E-state index in [2.05, 4.69) is 0 Å². The molecule has 1 saturated heterocycles. The van der Waals surface area contributed by atoms with E-state index in [4.69, 9.17) is 0 Å². The molecule has 110 valence electrons. The molecule has 0 bridgehead atoms. The summed E-state index contributed by atoms with van der Waals surface area (Å²) >= 11 is 0. The summed E-state index contributed by atoms with van der Waals surface area (Å²) < 4.78 is 38.1. The molecule has 1 aromatic carbocycles. The van der Waals surface area contributed by atoms with E-state index in [1.807, 2.05) is 0 Å². The summed E-state index contributed by atoms with van der Waals surface area (Å²) in [5, 5.41) is 9.35. The first kappa shape index (κ1) is 14.8. The number of halogens is 3. The number of likely N-dealkylation sites (tertiary alicyclic amines) is 1. The van der Waals surface area contributed by atoms with E-state index >= 15 is 0 Å². The maximum atomic E-state index is 12.7. The minimum atomic E-state index is -4.46. The fourth-order valence-corrected chi connectivity index (χ4v) is 2.57. The topological polar surface area (TPSA) is 40.5 Å². The zero-order chi connectivity index (χ0) is 14.8. The molecule has 1 N–H and O–H groups in total. The number of carboxylic acid groups (broad SMARTS) is 1. The second-order valence-corrected chi connectivity index (χ2v) is 4.96. The maximum Gasteiger partial charge on any atom is 0.416 e. The highest BCUT2D eigenvalue weighted by molar-refractivity contribution is 5.75. The molecular weight excluding hydrogens is 271 g/mol. The molecule has 1 aliphatic rings. The van der Waals surface area contributed by atoms with Crippen molar-refractivity contribution in [3.05, 3.63) is 35.4 Å². The van der Waals surface area contributed by atoms with E-state index in [9.17, 15) is 23.1 Å². The van der Waals surface area contributed by atoms with Crippen LogP contribution in [0.25, 0.3) is 0 Å². The Balaban J connectivity index is 2.32. The first-order valence-corrected chi connectivity index (χ1v) is 6.53. The highest BCUT2D eigenvalue weighted by Crippen LogP contribution is 2.32. The molecule has 2 rings (SSSR count). The lowest BCUT2D eigenvalue weighted by atomic mass is 10.00. The lowest BCUT2D eigenvalue weighted by Crippen LogP contribution is -2.38. The number of alkyl halides is 3. The second-order valence-electron chi connectivity index (χ2n) is 4.96. The van der Waals surface area contributed by atoms with E-state index in [1.54, 1.807) is 4.90 Å². The van der Waals surface area contributed by atoms with Crippen molar-refractivity contribution in [1.29, 1.82) is 0 Å². The van der Waals surface area contributed by atoms with Crippen molar-refractivity contribution in [3.8, 4) is 0 Å². The number of aliphatic carboxylic acids is 1. The van der Waals surface area contributed by atoms with Crippen LogP contribution < -0.4 is 0 Å². The van der Waals surface area contributed by atoms with E-state index in [0.717, 1.165) is 31.4 Å². The van der Waals surface area contributed by atoms with Gasteiger partial charge >= 0.3 is 12.1 Å². The normalized spacial score (nSPS) is 18.8. The highest BCUT2D eigenvalue weighted by atomic mass is 19.4. The molecule has 0 aliphatic carbocycles. The Morgan fingerprint density at radius 1 is 1.20 bits per heavy atom. The Labute approximate surface area is 115 Å². The van der Waals surface area contributed by atoms with Gasteiger partial charge in [0.25, 0.3) is 0 Å². The first-order valence-electron chi connectivity index (χ1n) is 6.53. The van der Waals surface area contributed by atoms with Gasteiger partial charge in [0.2, 0.25) is 0 Å². The molecule has 0 aromatic heterocycles. The van der Waals surface area contributed by atoms with Crippen molar-refractivity contribution in [2.75, 3.05) is 13.1 Å². The Bertz CT molecular complexity index is 482. The van der Waals surface area contributed by atoms with Crippen LogP contribution in [0.4, 0.5) is 13.2 Å². The molecule has 1 atom stereocenters. The largest absolute Gasteiger partial charge is 0.480 e. The fourth-order valence-electron chi connectivity index (χ4n) is 2.57. The van der Waals surface area contributed by atoms with Gasteiger partial charge in [-0.25, -0.2) is 0 Å². The van der Waals surface area contributed by atoms with Crippen molar-refractivity contribution < 1.29 is 23.1 Å². The summed E-state index contributed by atoms with van der Waals surface area (Å²) in [6.45, 7) is 1.21. The van der Waals surface area contributed by atoms with Crippen molar-refractivity contribution >= 4 is 5.97 Å². The molecule has 0 radical (unpaired) electrons. The molecule has 20 heavy (non-hydrogen) atoms. The fraction of sp³-hybridized carbons (Fsp3) is 0.500. The zero-order valence-corrected chi connectivity index (χ0v) is 10.9. The number of benzene rings is 1. The van der Waals surface area contributed by atoms with Gasteiger partial charge in [-0.05, 0) is 43.6 Å². The van der Waals surface area contributed by atoms with Gasteiger partial charge in [-0.2, -0.15) is 13.2 Å². The summed E-state index contributed by atoms with van der Waals surface area (Å²) in [6, 6.07) is 3.60. The predicted octanol–water partition coefficient (Wildman–Crippen LogP) is 3.32. The summed E-state index contributed by atoms with van der Waals surface area (Å²) in [5.74, 6) is -1.11. The van der Waals surface area contributed by atoms with Crippen LogP contribution in [0.15, 0.2) is 24.3 Å². The summed E-state index contributed by atoms with van der Waals surface area (Å²) in [7, 11) is 0. The third-order valence-electron chi connectivity index (χ3n) is 3.52. The Morgan fingerprint density at radius 2 is 1.85 bits per heavy atom. The lowest BCUT2D eigenvalue weighted by Gasteiger charge is -2.32. The number of nitrogens with zero attached hydrogens (tertiary/aromatic N) is 1. The standard InChI is InChI=1S/C14H16F3NO2/c15-14(16,17)11-6-4-5-10(9-11)12(13(19)20)18-7-2-1-3-8-18/h4-6,9,12H,1-3,7-8H2,(H,19,20). The number of hydrogen-bond acceptors (Lipinski definition) is 2. The van der Waals surface area contributed by atoms with Gasteiger partial charge in [0.15, 0.2) is 0 Å². The van der Waals surface area contributed by atoms with Gasteiger partial charge in [0, 0.05) is 0 Å². The summed E-state index contributed by atoms with van der Waals surface area (Å²) in [5.41, 5.74) is -0.618. The van der Waals surface area contributed by atoms with Gasteiger partial charge < -0.3 is 5.11 Å². The first-order chi connectivity index (χ1) is 9.39. The number of rotatable bonds is 3. The van der Waals surface area contributed by atoms with Gasteiger partial charge in [-0.3, -0.25) is 9.69 Å². The average Bonchev–Trinajstić information content (AvgIpc) is 2.39. The number of carbonyl (C=O) groups is 1. The van der Waals surface area contributed by atoms with E-state index in [-0.39, 0.29) is 5.56 Å². The van der Waals surface area contributed by atoms with Crippen LogP contribution in [0, 0.1) is 0 Å². The molecule has 1 fully saturated rings. The smallest absolute Gasteiger partial charge is 0.416 e. The number of hydrogen-bond donors (Lipinski definition) is 1. The summed E-state index contributed by atoms with van der Waals surface area (Å²) in [4.78, 5) is 13.2. The molecule has 0 saturated carbocycles. The molecule has 1 aromatic rings. The molecule has 1 unspecified atom stereocenters. The molecule has 1 aliphatic heterocycles. The number of carboxylic acids is 1. The van der Waals surface area contributed by atoms with Gasteiger partial charge in [0.05, 0.1) is 5.56 Å².